The van der Waals surface area contributed by atoms with Crippen molar-refractivity contribution in [2.75, 3.05) is 6.61 Å². The third kappa shape index (κ3) is 2.86. The average molecular weight is 255 g/mol. The molecular formula is C12H17NO3S. The number of rotatable bonds is 4. The maximum atomic E-state index is 12.2. The van der Waals surface area contributed by atoms with E-state index in [4.69, 9.17) is 4.84 Å². The Bertz CT molecular complexity index is 458. The topological polar surface area (TPSA) is 46.6 Å². The molecule has 0 bridgehead atoms. The van der Waals surface area contributed by atoms with Crippen LogP contribution in [0.15, 0.2) is 30.3 Å². The summed E-state index contributed by atoms with van der Waals surface area (Å²) in [5, 5.41) is 0. The maximum absolute atomic E-state index is 12.2. The van der Waals surface area contributed by atoms with Crippen LogP contribution in [0.5, 0.6) is 0 Å². The lowest BCUT2D eigenvalue weighted by atomic mass is 10.2. The predicted octanol–water partition coefficient (Wildman–Crippen LogP) is 1.93. The molecule has 1 aromatic rings. The van der Waals surface area contributed by atoms with Crippen LogP contribution in [-0.4, -0.2) is 25.5 Å². The van der Waals surface area contributed by atoms with Gasteiger partial charge in [0.05, 0.1) is 18.4 Å². The minimum absolute atomic E-state index is 0.00431. The zero-order chi connectivity index (χ0) is 12.3. The summed E-state index contributed by atoms with van der Waals surface area (Å²) in [5.74, 6) is 0.00431. The molecule has 17 heavy (non-hydrogen) atoms. The second-order valence-corrected chi connectivity index (χ2v) is 5.99. The van der Waals surface area contributed by atoms with E-state index in [1.54, 1.807) is 0 Å². The Balaban J connectivity index is 2.14. The first-order valence-electron chi connectivity index (χ1n) is 5.82. The minimum atomic E-state index is -3.36. The average Bonchev–Trinajstić information content (AvgIpc) is 2.78. The molecule has 94 valence electrons. The Kier molecular flexibility index (Phi) is 3.81. The SMILES string of the molecule is CCC1CCON1S(=O)(=O)Cc1ccccc1. The highest BCUT2D eigenvalue weighted by molar-refractivity contribution is 7.88. The van der Waals surface area contributed by atoms with Crippen molar-refractivity contribution < 1.29 is 13.3 Å². The first-order chi connectivity index (χ1) is 8.13. The van der Waals surface area contributed by atoms with Gasteiger partial charge in [-0.15, -0.1) is 0 Å². The van der Waals surface area contributed by atoms with Crippen LogP contribution in [0.2, 0.25) is 0 Å². The smallest absolute Gasteiger partial charge is 0.240 e. The second-order valence-electron chi connectivity index (χ2n) is 4.18. The molecule has 0 radical (unpaired) electrons. The molecule has 1 heterocycles. The summed E-state index contributed by atoms with van der Waals surface area (Å²) >= 11 is 0. The van der Waals surface area contributed by atoms with Gasteiger partial charge in [0.2, 0.25) is 10.0 Å². The van der Waals surface area contributed by atoms with Crippen molar-refractivity contribution in [3.63, 3.8) is 0 Å². The Morgan fingerprint density at radius 2 is 2.06 bits per heavy atom. The highest BCUT2D eigenvalue weighted by Gasteiger charge is 2.34. The molecule has 0 amide bonds. The molecule has 1 aromatic carbocycles. The zero-order valence-electron chi connectivity index (χ0n) is 9.87. The fourth-order valence-corrected chi connectivity index (χ4v) is 3.68. The summed E-state index contributed by atoms with van der Waals surface area (Å²) in [6, 6.07) is 9.17. The third-order valence-corrected chi connectivity index (χ3v) is 4.56. The van der Waals surface area contributed by atoms with E-state index in [1.807, 2.05) is 37.3 Å². The van der Waals surface area contributed by atoms with E-state index < -0.39 is 10.0 Å². The van der Waals surface area contributed by atoms with Crippen LogP contribution in [0.3, 0.4) is 0 Å². The van der Waals surface area contributed by atoms with Gasteiger partial charge in [0.15, 0.2) is 0 Å². The van der Waals surface area contributed by atoms with E-state index in [9.17, 15) is 8.42 Å². The lowest BCUT2D eigenvalue weighted by molar-refractivity contribution is -0.0498. The zero-order valence-corrected chi connectivity index (χ0v) is 10.7. The molecule has 0 N–H and O–H groups in total. The Labute approximate surface area is 102 Å². The molecule has 0 saturated carbocycles. The van der Waals surface area contributed by atoms with Crippen LogP contribution in [0, 0.1) is 0 Å². The van der Waals surface area contributed by atoms with Crippen LogP contribution in [0.25, 0.3) is 0 Å². The van der Waals surface area contributed by atoms with Gasteiger partial charge < -0.3 is 0 Å². The van der Waals surface area contributed by atoms with Crippen LogP contribution in [0.4, 0.5) is 0 Å². The van der Waals surface area contributed by atoms with E-state index in [2.05, 4.69) is 0 Å². The Hall–Kier alpha value is -0.910. The molecule has 1 atom stereocenters. The summed E-state index contributed by atoms with van der Waals surface area (Å²) in [6.07, 6.45) is 1.57. The van der Waals surface area contributed by atoms with Gasteiger partial charge in [0.1, 0.15) is 0 Å². The molecular weight excluding hydrogens is 238 g/mol. The highest BCUT2D eigenvalue weighted by Crippen LogP contribution is 2.23. The van der Waals surface area contributed by atoms with Gasteiger partial charge in [-0.25, -0.2) is 8.42 Å². The van der Waals surface area contributed by atoms with E-state index >= 15 is 0 Å². The summed E-state index contributed by atoms with van der Waals surface area (Å²) in [6.45, 7) is 2.47. The summed E-state index contributed by atoms with van der Waals surface area (Å²) in [5.41, 5.74) is 0.790. The fraction of sp³-hybridized carbons (Fsp3) is 0.500. The predicted molar refractivity (Wildman–Crippen MR) is 65.6 cm³/mol. The van der Waals surface area contributed by atoms with Gasteiger partial charge in [-0.05, 0) is 18.4 Å². The molecule has 1 saturated heterocycles. The molecule has 0 aromatic heterocycles. The largest absolute Gasteiger partial charge is 0.284 e. The monoisotopic (exact) mass is 255 g/mol. The van der Waals surface area contributed by atoms with Crippen molar-refractivity contribution in [3.8, 4) is 0 Å². The van der Waals surface area contributed by atoms with Crippen molar-refractivity contribution in [3.05, 3.63) is 35.9 Å². The van der Waals surface area contributed by atoms with Gasteiger partial charge in [-0.1, -0.05) is 41.7 Å². The van der Waals surface area contributed by atoms with E-state index in [0.717, 1.165) is 18.4 Å². The third-order valence-electron chi connectivity index (χ3n) is 2.91. The van der Waals surface area contributed by atoms with E-state index in [0.29, 0.717) is 6.61 Å². The molecule has 1 aliphatic rings. The summed E-state index contributed by atoms with van der Waals surface area (Å²) < 4.78 is 25.5. The number of hydroxylamine groups is 1. The van der Waals surface area contributed by atoms with Crippen LogP contribution < -0.4 is 0 Å². The Morgan fingerprint density at radius 1 is 1.35 bits per heavy atom. The molecule has 0 aliphatic carbocycles. The number of sulfonamides is 1. The van der Waals surface area contributed by atoms with Gasteiger partial charge >= 0.3 is 0 Å². The Morgan fingerprint density at radius 3 is 2.71 bits per heavy atom. The second kappa shape index (κ2) is 5.16. The van der Waals surface area contributed by atoms with Crippen molar-refractivity contribution in [2.24, 2.45) is 0 Å². The van der Waals surface area contributed by atoms with Gasteiger partial charge in [-0.3, -0.25) is 4.84 Å². The number of nitrogens with zero attached hydrogens (tertiary/aromatic N) is 1. The van der Waals surface area contributed by atoms with Gasteiger partial charge in [0.25, 0.3) is 0 Å². The fourth-order valence-electron chi connectivity index (χ4n) is 2.00. The summed E-state index contributed by atoms with van der Waals surface area (Å²) in [4.78, 5) is 5.24. The number of hydrogen-bond acceptors (Lipinski definition) is 3. The molecule has 0 spiro atoms. The van der Waals surface area contributed by atoms with Crippen molar-refractivity contribution in [2.45, 2.75) is 31.6 Å². The minimum Gasteiger partial charge on any atom is -0.284 e. The normalized spacial score (nSPS) is 21.8. The molecule has 1 unspecified atom stereocenters. The molecule has 4 nitrogen and oxygen atoms in total. The van der Waals surface area contributed by atoms with Gasteiger partial charge in [-0.2, -0.15) is 0 Å². The molecule has 1 aliphatic heterocycles. The lowest BCUT2D eigenvalue weighted by Crippen LogP contribution is -2.34. The first-order valence-corrected chi connectivity index (χ1v) is 7.43. The lowest BCUT2D eigenvalue weighted by Gasteiger charge is -2.20. The standard InChI is InChI=1S/C12H17NO3S/c1-2-12-8-9-16-13(12)17(14,15)10-11-6-4-3-5-7-11/h3-7,12H,2,8-10H2,1H3. The molecule has 5 heteroatoms. The maximum Gasteiger partial charge on any atom is 0.240 e. The molecule has 1 fully saturated rings. The van der Waals surface area contributed by atoms with Crippen LogP contribution >= 0.6 is 0 Å². The van der Waals surface area contributed by atoms with Crippen LogP contribution in [-0.2, 0) is 20.6 Å². The van der Waals surface area contributed by atoms with Crippen molar-refractivity contribution in [1.29, 1.82) is 0 Å². The summed E-state index contributed by atoms with van der Waals surface area (Å²) in [7, 11) is -3.36. The number of benzene rings is 1. The molecule has 2 rings (SSSR count). The van der Waals surface area contributed by atoms with Crippen LogP contribution in [0.1, 0.15) is 25.3 Å². The van der Waals surface area contributed by atoms with Crippen molar-refractivity contribution in [1.82, 2.24) is 4.47 Å². The van der Waals surface area contributed by atoms with Gasteiger partial charge in [0, 0.05) is 0 Å². The van der Waals surface area contributed by atoms with E-state index in [-0.39, 0.29) is 11.8 Å². The highest BCUT2D eigenvalue weighted by atomic mass is 32.2. The first kappa shape index (κ1) is 12.5. The van der Waals surface area contributed by atoms with E-state index in [1.165, 1.54) is 4.47 Å². The quantitative estimate of drug-likeness (QED) is 0.826. The number of hydrogen-bond donors (Lipinski definition) is 0. The van der Waals surface area contributed by atoms with Crippen molar-refractivity contribution >= 4 is 10.0 Å².